The number of allylic oxidation sites excluding steroid dienone is 1. The average Bonchev–Trinajstić information content (AvgIpc) is 2.56. The molecule has 0 saturated carbocycles. The van der Waals surface area contributed by atoms with Crippen molar-refractivity contribution in [2.45, 2.75) is 19.4 Å². The van der Waals surface area contributed by atoms with E-state index in [2.05, 4.69) is 46.0 Å². The van der Waals surface area contributed by atoms with Gasteiger partial charge in [0.25, 0.3) is 0 Å². The molecule has 1 heterocycles. The third-order valence-electron chi connectivity index (χ3n) is 3.65. The number of pyridine rings is 1. The third kappa shape index (κ3) is 5.49. The van der Waals surface area contributed by atoms with Crippen molar-refractivity contribution < 1.29 is 0 Å². The van der Waals surface area contributed by atoms with Crippen LogP contribution in [0.5, 0.6) is 0 Å². The van der Waals surface area contributed by atoms with Gasteiger partial charge in [0.05, 0.1) is 12.2 Å². The van der Waals surface area contributed by atoms with Gasteiger partial charge < -0.3 is 10.2 Å². The summed E-state index contributed by atoms with van der Waals surface area (Å²) in [5.41, 5.74) is 1.04. The Kier molecular flexibility index (Phi) is 8.61. The largest absolute Gasteiger partial charge is 0.351 e. The highest BCUT2D eigenvalue weighted by atomic mass is 127. The van der Waals surface area contributed by atoms with Gasteiger partial charge in [0.1, 0.15) is 0 Å². The van der Waals surface area contributed by atoms with Crippen molar-refractivity contribution in [3.63, 3.8) is 0 Å². The van der Waals surface area contributed by atoms with Crippen molar-refractivity contribution in [2.24, 2.45) is 4.99 Å². The first kappa shape index (κ1) is 19.4. The predicted octanol–water partition coefficient (Wildman–Crippen LogP) is 3.83. The van der Waals surface area contributed by atoms with Crippen LogP contribution in [-0.2, 0) is 6.54 Å². The molecule has 0 fully saturated rings. The SMILES string of the molecule is C=CCCCN(C)C(=NC)NCc1nccc2ccccc12.I. The van der Waals surface area contributed by atoms with Crippen molar-refractivity contribution in [3.8, 4) is 0 Å². The first-order valence-corrected chi connectivity index (χ1v) is 7.61. The Morgan fingerprint density at radius 2 is 2.13 bits per heavy atom. The zero-order chi connectivity index (χ0) is 15.8. The van der Waals surface area contributed by atoms with E-state index in [4.69, 9.17) is 0 Å². The zero-order valence-corrected chi connectivity index (χ0v) is 16.2. The number of aliphatic imine (C=N–C) groups is 1. The zero-order valence-electron chi connectivity index (χ0n) is 13.8. The van der Waals surface area contributed by atoms with Crippen LogP contribution < -0.4 is 5.32 Å². The Hall–Kier alpha value is -1.63. The maximum Gasteiger partial charge on any atom is 0.193 e. The molecule has 2 aromatic rings. The van der Waals surface area contributed by atoms with Gasteiger partial charge in [-0.2, -0.15) is 0 Å². The molecule has 0 atom stereocenters. The molecule has 0 amide bonds. The number of halogens is 1. The van der Waals surface area contributed by atoms with E-state index in [1.165, 1.54) is 10.8 Å². The Bertz CT molecular complexity index is 649. The number of unbranched alkanes of at least 4 members (excludes halogenated alkanes) is 1. The normalized spacial score (nSPS) is 11.0. The summed E-state index contributed by atoms with van der Waals surface area (Å²) in [5.74, 6) is 0.888. The number of fused-ring (bicyclic) bond motifs is 1. The van der Waals surface area contributed by atoms with Gasteiger partial charge >= 0.3 is 0 Å². The summed E-state index contributed by atoms with van der Waals surface area (Å²) in [6.45, 7) is 5.37. The first-order chi connectivity index (χ1) is 10.8. The lowest BCUT2D eigenvalue weighted by molar-refractivity contribution is 0.469. The molecule has 1 N–H and O–H groups in total. The molecule has 0 radical (unpaired) electrons. The number of benzene rings is 1. The lowest BCUT2D eigenvalue weighted by Crippen LogP contribution is -2.39. The lowest BCUT2D eigenvalue weighted by Gasteiger charge is -2.22. The van der Waals surface area contributed by atoms with E-state index in [1.54, 1.807) is 0 Å². The topological polar surface area (TPSA) is 40.5 Å². The van der Waals surface area contributed by atoms with Crippen molar-refractivity contribution in [2.75, 3.05) is 20.6 Å². The number of guanidine groups is 1. The monoisotopic (exact) mass is 424 g/mol. The molecule has 1 aromatic carbocycles. The van der Waals surface area contributed by atoms with Crippen LogP contribution in [0.3, 0.4) is 0 Å². The number of aromatic nitrogens is 1. The van der Waals surface area contributed by atoms with E-state index in [0.29, 0.717) is 6.54 Å². The van der Waals surface area contributed by atoms with Gasteiger partial charge in [0, 0.05) is 32.2 Å². The van der Waals surface area contributed by atoms with E-state index < -0.39 is 0 Å². The van der Waals surface area contributed by atoms with E-state index in [9.17, 15) is 0 Å². The van der Waals surface area contributed by atoms with Crippen LogP contribution in [0, 0.1) is 0 Å². The van der Waals surface area contributed by atoms with Crippen LogP contribution >= 0.6 is 24.0 Å². The van der Waals surface area contributed by atoms with Crippen LogP contribution in [0.2, 0.25) is 0 Å². The van der Waals surface area contributed by atoms with Crippen molar-refractivity contribution >= 4 is 40.7 Å². The second kappa shape index (κ2) is 10.2. The summed E-state index contributed by atoms with van der Waals surface area (Å²) < 4.78 is 0. The highest BCUT2D eigenvalue weighted by Gasteiger charge is 2.07. The molecule has 0 aliphatic carbocycles. The lowest BCUT2D eigenvalue weighted by atomic mass is 10.1. The minimum absolute atomic E-state index is 0. The summed E-state index contributed by atoms with van der Waals surface area (Å²) in [6, 6.07) is 10.3. The Morgan fingerprint density at radius 1 is 1.35 bits per heavy atom. The van der Waals surface area contributed by atoms with Crippen LogP contribution in [0.15, 0.2) is 54.2 Å². The van der Waals surface area contributed by atoms with Gasteiger partial charge in [-0.15, -0.1) is 30.6 Å². The molecular weight excluding hydrogens is 399 g/mol. The Labute approximate surface area is 155 Å². The molecule has 2 rings (SSSR count). The fraction of sp³-hybridized carbons (Fsp3) is 0.333. The summed E-state index contributed by atoms with van der Waals surface area (Å²) in [5, 5.41) is 5.79. The van der Waals surface area contributed by atoms with Crippen LogP contribution in [0.25, 0.3) is 10.8 Å². The van der Waals surface area contributed by atoms with E-state index in [1.807, 2.05) is 37.5 Å². The molecule has 0 spiro atoms. The molecule has 5 heteroatoms. The standard InChI is InChI=1S/C18H24N4.HI/c1-4-5-8-13-22(3)18(19-2)21-14-17-16-10-7-6-9-15(16)11-12-20-17;/h4,6-7,9-12H,1,5,8,13-14H2,2-3H3,(H,19,21);1H. The first-order valence-electron chi connectivity index (χ1n) is 7.61. The Morgan fingerprint density at radius 3 is 2.87 bits per heavy atom. The Balaban J connectivity index is 0.00000264. The van der Waals surface area contributed by atoms with Gasteiger partial charge in [-0.25, -0.2) is 0 Å². The maximum atomic E-state index is 4.50. The van der Waals surface area contributed by atoms with E-state index >= 15 is 0 Å². The molecule has 0 aliphatic heterocycles. The fourth-order valence-electron chi connectivity index (χ4n) is 2.45. The minimum atomic E-state index is 0. The minimum Gasteiger partial charge on any atom is -0.351 e. The molecule has 4 nitrogen and oxygen atoms in total. The number of hydrogen-bond donors (Lipinski definition) is 1. The molecule has 23 heavy (non-hydrogen) atoms. The average molecular weight is 424 g/mol. The van der Waals surface area contributed by atoms with Crippen molar-refractivity contribution in [1.29, 1.82) is 0 Å². The molecular formula is C18H25IN4. The molecule has 124 valence electrons. The highest BCUT2D eigenvalue weighted by molar-refractivity contribution is 14.0. The summed E-state index contributed by atoms with van der Waals surface area (Å²) >= 11 is 0. The summed E-state index contributed by atoms with van der Waals surface area (Å²) in [7, 11) is 3.86. The fourth-order valence-corrected chi connectivity index (χ4v) is 2.45. The van der Waals surface area contributed by atoms with Gasteiger partial charge in [0.2, 0.25) is 0 Å². The molecule has 1 aromatic heterocycles. The number of nitrogens with zero attached hydrogens (tertiary/aromatic N) is 3. The van der Waals surface area contributed by atoms with Crippen molar-refractivity contribution in [1.82, 2.24) is 15.2 Å². The highest BCUT2D eigenvalue weighted by Crippen LogP contribution is 2.15. The number of nitrogens with one attached hydrogen (secondary N) is 1. The summed E-state index contributed by atoms with van der Waals surface area (Å²) in [4.78, 5) is 11.0. The van der Waals surface area contributed by atoms with Gasteiger partial charge in [-0.1, -0.05) is 30.3 Å². The third-order valence-corrected chi connectivity index (χ3v) is 3.65. The second-order valence-corrected chi connectivity index (χ2v) is 5.23. The number of rotatable bonds is 6. The predicted molar refractivity (Wildman–Crippen MR) is 109 cm³/mol. The van der Waals surface area contributed by atoms with E-state index in [-0.39, 0.29) is 24.0 Å². The molecule has 0 aliphatic rings. The molecule has 0 unspecified atom stereocenters. The molecule has 0 saturated heterocycles. The van der Waals surface area contributed by atoms with Crippen LogP contribution in [0.4, 0.5) is 0 Å². The maximum absolute atomic E-state index is 4.50. The van der Waals surface area contributed by atoms with Crippen LogP contribution in [0.1, 0.15) is 18.5 Å². The molecule has 0 bridgehead atoms. The van der Waals surface area contributed by atoms with Crippen molar-refractivity contribution in [3.05, 3.63) is 54.9 Å². The quantitative estimate of drug-likeness (QED) is 0.252. The van der Waals surface area contributed by atoms with Crippen LogP contribution in [-0.4, -0.2) is 36.5 Å². The van der Waals surface area contributed by atoms with E-state index in [0.717, 1.165) is 31.0 Å². The summed E-state index contributed by atoms with van der Waals surface area (Å²) in [6.07, 6.45) is 5.90. The smallest absolute Gasteiger partial charge is 0.193 e. The van der Waals surface area contributed by atoms with Gasteiger partial charge in [-0.05, 0) is 24.3 Å². The van der Waals surface area contributed by atoms with Gasteiger partial charge in [0.15, 0.2) is 5.96 Å². The van der Waals surface area contributed by atoms with Gasteiger partial charge in [-0.3, -0.25) is 9.98 Å². The second-order valence-electron chi connectivity index (χ2n) is 5.23. The number of hydrogen-bond acceptors (Lipinski definition) is 2.